The monoisotopic (exact) mass is 520 g/mol. The molecule has 1 heterocycles. The number of rotatable bonds is 6. The third-order valence-corrected chi connectivity index (χ3v) is 8.39. The number of benzene rings is 5. The highest BCUT2D eigenvalue weighted by Gasteiger charge is 2.17. The average molecular weight is 521 g/mol. The number of thiophene rings is 1. The molecule has 0 fully saturated rings. The van der Waals surface area contributed by atoms with Crippen molar-refractivity contribution in [2.24, 2.45) is 5.92 Å². The molecule has 190 valence electrons. The summed E-state index contributed by atoms with van der Waals surface area (Å²) in [6.45, 7) is 6.60. The predicted octanol–water partition coefficient (Wildman–Crippen LogP) is 11.7. The third-order valence-electron chi connectivity index (χ3n) is 7.20. The summed E-state index contributed by atoms with van der Waals surface area (Å²) in [7, 11) is 0. The maximum atomic E-state index is 2.38. The maximum Gasteiger partial charge on any atom is 0.0349 e. The molecule has 0 aliphatic heterocycles. The van der Waals surface area contributed by atoms with Crippen molar-refractivity contribution in [2.45, 2.75) is 20.8 Å². The molecule has 39 heavy (non-hydrogen) atoms. The van der Waals surface area contributed by atoms with Crippen LogP contribution in [0.15, 0.2) is 133 Å². The summed E-state index contributed by atoms with van der Waals surface area (Å²) in [5.41, 5.74) is 7.68. The molecular formula is C38H32S. The highest BCUT2D eigenvalue weighted by atomic mass is 32.1. The predicted molar refractivity (Wildman–Crippen MR) is 173 cm³/mol. The van der Waals surface area contributed by atoms with E-state index in [0.717, 1.165) is 0 Å². The Morgan fingerprint density at radius 3 is 1.59 bits per heavy atom. The summed E-state index contributed by atoms with van der Waals surface area (Å²) >= 11 is 1.85. The van der Waals surface area contributed by atoms with Crippen LogP contribution in [-0.4, -0.2) is 0 Å². The largest absolute Gasteiger partial charge is 0.135 e. The van der Waals surface area contributed by atoms with Crippen molar-refractivity contribution in [1.82, 2.24) is 0 Å². The van der Waals surface area contributed by atoms with Gasteiger partial charge in [0, 0.05) is 9.75 Å². The van der Waals surface area contributed by atoms with Gasteiger partial charge in [-0.3, -0.25) is 0 Å². The second-order valence-corrected chi connectivity index (χ2v) is 11.4. The number of hydrogen-bond donors (Lipinski definition) is 0. The second kappa shape index (κ2) is 10.9. The first-order chi connectivity index (χ1) is 19.1. The van der Waals surface area contributed by atoms with Gasteiger partial charge in [0.1, 0.15) is 0 Å². The van der Waals surface area contributed by atoms with E-state index in [-0.39, 0.29) is 0 Å². The molecule has 0 saturated carbocycles. The van der Waals surface area contributed by atoms with Crippen molar-refractivity contribution >= 4 is 38.5 Å². The molecule has 0 saturated heterocycles. The molecule has 0 bridgehead atoms. The zero-order valence-corrected chi connectivity index (χ0v) is 23.5. The Morgan fingerprint density at radius 1 is 0.564 bits per heavy atom. The molecule has 1 aromatic heterocycles. The van der Waals surface area contributed by atoms with E-state index >= 15 is 0 Å². The van der Waals surface area contributed by atoms with Crippen LogP contribution in [0.4, 0.5) is 0 Å². The van der Waals surface area contributed by atoms with Gasteiger partial charge < -0.3 is 0 Å². The van der Waals surface area contributed by atoms with Crippen LogP contribution >= 0.6 is 11.3 Å². The molecule has 1 heteroatoms. The molecule has 0 unspecified atom stereocenters. The molecule has 5 aromatic carbocycles. The molecule has 0 nitrogen and oxygen atoms in total. The van der Waals surface area contributed by atoms with Crippen molar-refractivity contribution in [2.75, 3.05) is 0 Å². The first kappa shape index (κ1) is 25.1. The van der Waals surface area contributed by atoms with E-state index in [2.05, 4.69) is 154 Å². The lowest BCUT2D eigenvalue weighted by atomic mass is 9.85. The van der Waals surface area contributed by atoms with Gasteiger partial charge in [0.2, 0.25) is 0 Å². The second-order valence-electron chi connectivity index (χ2n) is 10.3. The van der Waals surface area contributed by atoms with Gasteiger partial charge in [-0.2, -0.15) is 0 Å². The molecule has 0 amide bonds. The fraction of sp³-hybridized carbons (Fsp3) is 0.105. The minimum absolute atomic E-state index is 0.459. The van der Waals surface area contributed by atoms with Crippen LogP contribution in [0.3, 0.4) is 0 Å². The lowest BCUT2D eigenvalue weighted by molar-refractivity contribution is 0.834. The van der Waals surface area contributed by atoms with E-state index in [1.165, 1.54) is 64.7 Å². The molecular weight excluding hydrogens is 488 g/mol. The number of allylic oxidation sites excluding steroid dienone is 4. The zero-order chi connectivity index (χ0) is 26.8. The van der Waals surface area contributed by atoms with Crippen LogP contribution in [0.2, 0.25) is 0 Å². The van der Waals surface area contributed by atoms with Crippen molar-refractivity contribution < 1.29 is 0 Å². The lowest BCUT2D eigenvalue weighted by Crippen LogP contribution is -1.94. The van der Waals surface area contributed by atoms with Gasteiger partial charge in [0.15, 0.2) is 0 Å². The first-order valence-corrected chi connectivity index (χ1v) is 14.5. The Morgan fingerprint density at radius 2 is 1.05 bits per heavy atom. The van der Waals surface area contributed by atoms with Gasteiger partial charge in [0.25, 0.3) is 0 Å². The lowest BCUT2D eigenvalue weighted by Gasteiger charge is -2.19. The normalized spacial score (nSPS) is 12.3. The van der Waals surface area contributed by atoms with E-state index in [1.807, 2.05) is 11.3 Å². The third kappa shape index (κ3) is 4.87. The Labute approximate surface area is 235 Å². The molecule has 0 aliphatic carbocycles. The molecule has 0 radical (unpaired) electrons. The average Bonchev–Trinajstić information content (AvgIpc) is 3.47. The quantitative estimate of drug-likeness (QED) is 0.151. The fourth-order valence-electron chi connectivity index (χ4n) is 5.56. The number of hydrogen-bond acceptors (Lipinski definition) is 1. The summed E-state index contributed by atoms with van der Waals surface area (Å²) < 4.78 is 0. The summed E-state index contributed by atoms with van der Waals surface area (Å²) in [4.78, 5) is 2.59. The van der Waals surface area contributed by atoms with Crippen LogP contribution in [0.1, 0.15) is 26.3 Å². The Balaban J connectivity index is 1.51. The van der Waals surface area contributed by atoms with Gasteiger partial charge >= 0.3 is 0 Å². The van der Waals surface area contributed by atoms with Gasteiger partial charge in [-0.05, 0) is 79.9 Å². The van der Waals surface area contributed by atoms with E-state index in [9.17, 15) is 0 Å². The van der Waals surface area contributed by atoms with Crippen LogP contribution < -0.4 is 0 Å². The Hall–Kier alpha value is -4.20. The van der Waals surface area contributed by atoms with E-state index in [1.54, 1.807) is 0 Å². The molecule has 0 spiro atoms. The van der Waals surface area contributed by atoms with Crippen molar-refractivity contribution in [3.05, 3.63) is 139 Å². The molecule has 0 aliphatic rings. The zero-order valence-electron chi connectivity index (χ0n) is 22.7. The SMILES string of the molecule is C/C=C\C(=C/C(C)C)c1c2ccccc2c(-c2ccc(-c3ccc(-c4ccccc4)s3)cc2)c2ccccc12. The van der Waals surface area contributed by atoms with Crippen LogP contribution in [0.5, 0.6) is 0 Å². The van der Waals surface area contributed by atoms with E-state index in [0.29, 0.717) is 5.92 Å². The van der Waals surface area contributed by atoms with Crippen molar-refractivity contribution in [3.8, 4) is 32.0 Å². The van der Waals surface area contributed by atoms with Crippen LogP contribution in [-0.2, 0) is 0 Å². The number of fused-ring (bicyclic) bond motifs is 2. The first-order valence-electron chi connectivity index (χ1n) is 13.7. The van der Waals surface area contributed by atoms with Gasteiger partial charge in [-0.25, -0.2) is 0 Å². The van der Waals surface area contributed by atoms with E-state index < -0.39 is 0 Å². The minimum atomic E-state index is 0.459. The summed E-state index contributed by atoms with van der Waals surface area (Å²) in [6, 6.07) is 42.0. The summed E-state index contributed by atoms with van der Waals surface area (Å²) in [6.07, 6.45) is 6.79. The van der Waals surface area contributed by atoms with Gasteiger partial charge in [0.05, 0.1) is 0 Å². The van der Waals surface area contributed by atoms with E-state index in [4.69, 9.17) is 0 Å². The maximum absolute atomic E-state index is 2.38. The Bertz CT molecular complexity index is 1760. The molecule has 0 N–H and O–H groups in total. The highest BCUT2D eigenvalue weighted by Crippen LogP contribution is 2.43. The summed E-state index contributed by atoms with van der Waals surface area (Å²) in [5.74, 6) is 0.459. The minimum Gasteiger partial charge on any atom is -0.135 e. The smallest absolute Gasteiger partial charge is 0.0349 e. The molecule has 0 atom stereocenters. The van der Waals surface area contributed by atoms with Gasteiger partial charge in [-0.15, -0.1) is 11.3 Å². The topological polar surface area (TPSA) is 0 Å². The fourth-order valence-corrected chi connectivity index (χ4v) is 6.58. The molecule has 6 aromatic rings. The van der Waals surface area contributed by atoms with Crippen molar-refractivity contribution in [1.29, 1.82) is 0 Å². The van der Waals surface area contributed by atoms with Crippen LogP contribution in [0.25, 0.3) is 59.1 Å². The molecule has 6 rings (SSSR count). The standard InChI is InChI=1S/C38H32S/c1-4-12-30(25-26(2)3)38-33-17-10-8-15-31(33)37(32-16-9-11-18-34(32)38)29-21-19-28(20-22-29)36-24-23-35(39-36)27-13-6-5-7-14-27/h4-26H,1-3H3/b12-4-,30-25+. The summed E-state index contributed by atoms with van der Waals surface area (Å²) in [5, 5.41) is 5.18. The highest BCUT2D eigenvalue weighted by molar-refractivity contribution is 7.18. The van der Waals surface area contributed by atoms with Crippen LogP contribution in [0, 0.1) is 5.92 Å². The Kier molecular flexibility index (Phi) is 7.00. The van der Waals surface area contributed by atoms with Crippen molar-refractivity contribution in [3.63, 3.8) is 0 Å². The van der Waals surface area contributed by atoms with Gasteiger partial charge in [-0.1, -0.05) is 135 Å².